The van der Waals surface area contributed by atoms with Crippen LogP contribution < -0.4 is 5.38 Å². The second-order valence-corrected chi connectivity index (χ2v) is 13.9. The van der Waals surface area contributed by atoms with Crippen molar-refractivity contribution in [3.05, 3.63) is 29.5 Å². The first-order chi connectivity index (χ1) is 12.5. The molecule has 26 heavy (non-hydrogen) atoms. The van der Waals surface area contributed by atoms with Crippen LogP contribution in [-0.4, -0.2) is 8.07 Å². The van der Waals surface area contributed by atoms with Crippen molar-refractivity contribution >= 4 is 13.5 Å². The summed E-state index contributed by atoms with van der Waals surface area (Å²) in [6.45, 7) is 11.6. The lowest BCUT2D eigenvalue weighted by atomic mass is 9.99. The molecule has 1 rings (SSSR count). The molecule has 0 amide bonds. The topological polar surface area (TPSA) is 13.1 Å². The standard InChI is InChI=1S/C24H44OSi/c1-6-8-9-10-11-12-13-14-17-22(16-7-2)18-15-19-23-20-24(25-21-23)26(3,4)5/h16,20-21H,6-15,17-19H2,1-5H3/b22-16-. The Labute approximate surface area is 164 Å². The van der Waals surface area contributed by atoms with Gasteiger partial charge in [0.25, 0.3) is 0 Å². The van der Waals surface area contributed by atoms with E-state index in [4.69, 9.17) is 4.42 Å². The molecule has 0 saturated heterocycles. The van der Waals surface area contributed by atoms with Gasteiger partial charge in [-0.05, 0) is 50.2 Å². The van der Waals surface area contributed by atoms with E-state index in [1.54, 1.807) is 5.57 Å². The molecule has 150 valence electrons. The van der Waals surface area contributed by atoms with E-state index in [1.165, 1.54) is 88.0 Å². The van der Waals surface area contributed by atoms with Crippen LogP contribution in [0, 0.1) is 0 Å². The van der Waals surface area contributed by atoms with Gasteiger partial charge in [0.1, 0.15) is 8.07 Å². The molecule has 0 bridgehead atoms. The molecule has 0 unspecified atom stereocenters. The lowest BCUT2D eigenvalue weighted by molar-refractivity contribution is 0.571. The minimum absolute atomic E-state index is 1.16. The predicted octanol–water partition coefficient (Wildman–Crippen LogP) is 8.01. The van der Waals surface area contributed by atoms with E-state index in [0.717, 1.165) is 6.42 Å². The number of allylic oxidation sites excluding steroid dienone is 2. The second-order valence-electron chi connectivity index (χ2n) is 8.92. The highest BCUT2D eigenvalue weighted by atomic mass is 28.3. The zero-order valence-corrected chi connectivity index (χ0v) is 19.3. The Morgan fingerprint density at radius 3 is 2.08 bits per heavy atom. The van der Waals surface area contributed by atoms with Gasteiger partial charge >= 0.3 is 0 Å². The Balaban J connectivity index is 2.21. The van der Waals surface area contributed by atoms with Gasteiger partial charge < -0.3 is 4.42 Å². The molecule has 0 spiro atoms. The first-order valence-corrected chi connectivity index (χ1v) is 14.7. The lowest BCUT2D eigenvalue weighted by Crippen LogP contribution is -2.36. The monoisotopic (exact) mass is 376 g/mol. The predicted molar refractivity (Wildman–Crippen MR) is 120 cm³/mol. The maximum absolute atomic E-state index is 5.81. The summed E-state index contributed by atoms with van der Waals surface area (Å²) >= 11 is 0. The molecule has 0 atom stereocenters. The van der Waals surface area contributed by atoms with E-state index in [-0.39, 0.29) is 0 Å². The van der Waals surface area contributed by atoms with Crippen molar-refractivity contribution in [2.24, 2.45) is 0 Å². The number of hydrogen-bond donors (Lipinski definition) is 0. The Morgan fingerprint density at radius 1 is 0.885 bits per heavy atom. The number of rotatable bonds is 15. The third kappa shape index (κ3) is 10.4. The Kier molecular flexibility index (Phi) is 12.0. The molecule has 0 fully saturated rings. The minimum Gasteiger partial charge on any atom is -0.474 e. The van der Waals surface area contributed by atoms with E-state index in [9.17, 15) is 0 Å². The Bertz CT molecular complexity index is 493. The summed E-state index contributed by atoms with van der Waals surface area (Å²) in [4.78, 5) is 0. The van der Waals surface area contributed by atoms with Gasteiger partial charge in [0.05, 0.1) is 11.6 Å². The third-order valence-electron chi connectivity index (χ3n) is 5.20. The van der Waals surface area contributed by atoms with Gasteiger partial charge in [-0.15, -0.1) is 0 Å². The zero-order chi connectivity index (χ0) is 19.3. The van der Waals surface area contributed by atoms with Crippen LogP contribution in [0.4, 0.5) is 0 Å². The molecule has 1 heterocycles. The van der Waals surface area contributed by atoms with Crippen molar-refractivity contribution in [3.8, 4) is 0 Å². The van der Waals surface area contributed by atoms with E-state index >= 15 is 0 Å². The molecule has 0 aromatic carbocycles. The molecular formula is C24H44OSi. The van der Waals surface area contributed by atoms with Crippen LogP contribution >= 0.6 is 0 Å². The molecule has 0 aliphatic carbocycles. The average molecular weight is 377 g/mol. The third-order valence-corrected chi connectivity index (χ3v) is 6.94. The van der Waals surface area contributed by atoms with Crippen molar-refractivity contribution in [2.75, 3.05) is 0 Å². The first-order valence-electron chi connectivity index (χ1n) is 11.2. The largest absolute Gasteiger partial charge is 0.474 e. The summed E-state index contributed by atoms with van der Waals surface area (Å²) < 4.78 is 5.81. The lowest BCUT2D eigenvalue weighted by Gasteiger charge is -2.10. The van der Waals surface area contributed by atoms with Crippen molar-refractivity contribution in [1.29, 1.82) is 0 Å². The summed E-state index contributed by atoms with van der Waals surface area (Å²) in [5.74, 6) is 0. The summed E-state index contributed by atoms with van der Waals surface area (Å²) in [6.07, 6.45) is 21.9. The van der Waals surface area contributed by atoms with Gasteiger partial charge in [-0.3, -0.25) is 0 Å². The van der Waals surface area contributed by atoms with Gasteiger partial charge in [0.2, 0.25) is 0 Å². The van der Waals surface area contributed by atoms with Gasteiger partial charge in [0, 0.05) is 0 Å². The second kappa shape index (κ2) is 13.4. The zero-order valence-electron chi connectivity index (χ0n) is 18.3. The fourth-order valence-electron chi connectivity index (χ4n) is 3.52. The molecule has 0 N–H and O–H groups in total. The Hall–Kier alpha value is -0.763. The van der Waals surface area contributed by atoms with Gasteiger partial charge in [0.15, 0.2) is 0 Å². The van der Waals surface area contributed by atoms with E-state index in [1.807, 2.05) is 6.26 Å². The number of unbranched alkanes of at least 4 members (excludes halogenated alkanes) is 7. The molecule has 0 radical (unpaired) electrons. The van der Waals surface area contributed by atoms with Crippen molar-refractivity contribution in [2.45, 2.75) is 117 Å². The summed E-state index contributed by atoms with van der Waals surface area (Å²) in [5.41, 5.74) is 3.08. The Morgan fingerprint density at radius 2 is 1.50 bits per heavy atom. The molecule has 0 aliphatic rings. The van der Waals surface area contributed by atoms with E-state index in [2.05, 4.69) is 45.6 Å². The summed E-state index contributed by atoms with van der Waals surface area (Å²) in [5, 5.41) is 1.25. The van der Waals surface area contributed by atoms with Crippen LogP contribution in [-0.2, 0) is 6.42 Å². The number of hydrogen-bond acceptors (Lipinski definition) is 1. The fraction of sp³-hybridized carbons (Fsp3) is 0.750. The average Bonchev–Trinajstić information content (AvgIpc) is 3.06. The number of furan rings is 1. The maximum atomic E-state index is 5.81. The molecule has 1 aromatic rings. The molecule has 1 nitrogen and oxygen atoms in total. The normalized spacial score (nSPS) is 12.7. The molecule has 1 aromatic heterocycles. The quantitative estimate of drug-likeness (QED) is 0.171. The fourth-order valence-corrected chi connectivity index (χ4v) is 4.55. The van der Waals surface area contributed by atoms with Crippen molar-refractivity contribution in [1.82, 2.24) is 0 Å². The highest BCUT2D eigenvalue weighted by Gasteiger charge is 2.20. The van der Waals surface area contributed by atoms with Gasteiger partial charge in [-0.25, -0.2) is 0 Å². The van der Waals surface area contributed by atoms with E-state index in [0.29, 0.717) is 0 Å². The van der Waals surface area contributed by atoms with Crippen molar-refractivity contribution < 1.29 is 4.42 Å². The van der Waals surface area contributed by atoms with E-state index < -0.39 is 8.07 Å². The van der Waals surface area contributed by atoms with Gasteiger partial charge in [-0.2, -0.15) is 0 Å². The van der Waals surface area contributed by atoms with Crippen LogP contribution in [0.1, 0.15) is 96.5 Å². The highest BCUT2D eigenvalue weighted by molar-refractivity contribution is 6.87. The smallest absolute Gasteiger partial charge is 0.123 e. The molecular weight excluding hydrogens is 332 g/mol. The first kappa shape index (κ1) is 23.3. The molecule has 0 aliphatic heterocycles. The van der Waals surface area contributed by atoms with Crippen molar-refractivity contribution in [3.63, 3.8) is 0 Å². The minimum atomic E-state index is -1.30. The van der Waals surface area contributed by atoms with Gasteiger partial charge in [-0.1, -0.05) is 90.1 Å². The van der Waals surface area contributed by atoms with Crippen LogP contribution in [0.2, 0.25) is 19.6 Å². The maximum Gasteiger partial charge on any atom is 0.123 e. The van der Waals surface area contributed by atoms with Crippen LogP contribution in [0.25, 0.3) is 0 Å². The highest BCUT2D eigenvalue weighted by Crippen LogP contribution is 2.19. The van der Waals surface area contributed by atoms with Crippen LogP contribution in [0.15, 0.2) is 28.4 Å². The van der Waals surface area contributed by atoms with Crippen LogP contribution in [0.5, 0.6) is 0 Å². The van der Waals surface area contributed by atoms with Crippen LogP contribution in [0.3, 0.4) is 0 Å². The number of aryl methyl sites for hydroxylation is 1. The molecule has 2 heteroatoms. The SMILES string of the molecule is CC/C=C(/CCCCCCCCCC)CCCc1coc([Si](C)(C)C)c1. The summed E-state index contributed by atoms with van der Waals surface area (Å²) in [7, 11) is -1.30. The summed E-state index contributed by atoms with van der Waals surface area (Å²) in [6, 6.07) is 2.31. The molecule has 0 saturated carbocycles.